The van der Waals surface area contributed by atoms with Crippen LogP contribution in [0, 0.1) is 11.6 Å². The van der Waals surface area contributed by atoms with Crippen molar-refractivity contribution in [2.45, 2.75) is 36.8 Å². The van der Waals surface area contributed by atoms with Crippen molar-refractivity contribution in [2.24, 2.45) is 0 Å². The SMILES string of the molecule is O=C(CN1CC2(CC2)c2c(ccc(C3C[C@@H]3F)c2F)C1=O)Nc1ncc(F)cn1. The van der Waals surface area contributed by atoms with Gasteiger partial charge in [0.1, 0.15) is 18.5 Å². The van der Waals surface area contributed by atoms with Crippen molar-refractivity contribution < 1.29 is 22.8 Å². The Morgan fingerprint density at radius 3 is 2.55 bits per heavy atom. The molecule has 2 saturated carbocycles. The fourth-order valence-electron chi connectivity index (χ4n) is 4.15. The summed E-state index contributed by atoms with van der Waals surface area (Å²) in [7, 11) is 0. The maximum atomic E-state index is 15.2. The van der Waals surface area contributed by atoms with E-state index >= 15 is 4.39 Å². The summed E-state index contributed by atoms with van der Waals surface area (Å²) in [4.78, 5) is 33.9. The van der Waals surface area contributed by atoms with E-state index < -0.39 is 41.0 Å². The van der Waals surface area contributed by atoms with Crippen LogP contribution in [0.1, 0.15) is 46.7 Å². The lowest BCUT2D eigenvalue weighted by Crippen LogP contribution is -2.47. The van der Waals surface area contributed by atoms with Crippen LogP contribution in [0.2, 0.25) is 0 Å². The molecule has 2 aromatic rings. The van der Waals surface area contributed by atoms with E-state index in [0.29, 0.717) is 30.4 Å². The zero-order valence-corrected chi connectivity index (χ0v) is 15.3. The number of carbonyl (C=O) groups excluding carboxylic acids is 2. The van der Waals surface area contributed by atoms with Crippen molar-refractivity contribution >= 4 is 17.8 Å². The van der Waals surface area contributed by atoms with E-state index in [1.807, 2.05) is 0 Å². The molecule has 1 N–H and O–H groups in total. The summed E-state index contributed by atoms with van der Waals surface area (Å²) in [6.07, 6.45) is 2.55. The minimum Gasteiger partial charge on any atom is -0.328 e. The number of amides is 2. The van der Waals surface area contributed by atoms with Gasteiger partial charge in [-0.3, -0.25) is 14.9 Å². The highest BCUT2D eigenvalue weighted by Crippen LogP contribution is 2.55. The number of nitrogens with one attached hydrogen (secondary N) is 1. The van der Waals surface area contributed by atoms with Gasteiger partial charge < -0.3 is 4.90 Å². The lowest BCUT2D eigenvalue weighted by molar-refractivity contribution is -0.117. The Kier molecular flexibility index (Phi) is 3.91. The predicted molar refractivity (Wildman–Crippen MR) is 96.1 cm³/mol. The summed E-state index contributed by atoms with van der Waals surface area (Å²) in [5.41, 5.74) is 0.431. The second kappa shape index (κ2) is 6.27. The molecule has 1 aromatic carbocycles. The van der Waals surface area contributed by atoms with Crippen LogP contribution in [0.3, 0.4) is 0 Å². The molecule has 9 heteroatoms. The molecule has 150 valence electrons. The zero-order valence-electron chi connectivity index (χ0n) is 15.3. The molecule has 1 spiro atoms. The van der Waals surface area contributed by atoms with Crippen LogP contribution in [-0.2, 0) is 10.2 Å². The smallest absolute Gasteiger partial charge is 0.254 e. The summed E-state index contributed by atoms with van der Waals surface area (Å²) in [5, 5.41) is 2.42. The second-order valence-electron chi connectivity index (χ2n) is 7.96. The van der Waals surface area contributed by atoms with E-state index in [2.05, 4.69) is 15.3 Å². The molecular formula is C20H17F3N4O2. The van der Waals surface area contributed by atoms with Crippen molar-refractivity contribution in [2.75, 3.05) is 18.4 Å². The summed E-state index contributed by atoms with van der Waals surface area (Å²) in [6, 6.07) is 3.04. The number of carbonyl (C=O) groups is 2. The summed E-state index contributed by atoms with van der Waals surface area (Å²) in [5.74, 6) is -2.56. The van der Waals surface area contributed by atoms with Crippen LogP contribution in [0.25, 0.3) is 0 Å². The number of rotatable bonds is 4. The average Bonchev–Trinajstić information content (AvgIpc) is 3.60. The van der Waals surface area contributed by atoms with Gasteiger partial charge >= 0.3 is 0 Å². The molecule has 2 heterocycles. The van der Waals surface area contributed by atoms with Crippen LogP contribution < -0.4 is 5.32 Å². The molecule has 2 amide bonds. The van der Waals surface area contributed by atoms with E-state index in [1.54, 1.807) is 6.07 Å². The quantitative estimate of drug-likeness (QED) is 0.853. The molecule has 6 nitrogen and oxygen atoms in total. The molecule has 1 aliphatic heterocycles. The van der Waals surface area contributed by atoms with Crippen molar-refractivity contribution in [3.63, 3.8) is 0 Å². The molecule has 5 rings (SSSR count). The Labute approximate surface area is 164 Å². The van der Waals surface area contributed by atoms with Crippen molar-refractivity contribution in [3.05, 3.63) is 52.9 Å². The second-order valence-corrected chi connectivity index (χ2v) is 7.96. The number of aromatic nitrogens is 2. The first-order valence-corrected chi connectivity index (χ1v) is 9.41. The van der Waals surface area contributed by atoms with E-state index in [9.17, 15) is 18.4 Å². The molecule has 2 atom stereocenters. The molecule has 0 radical (unpaired) electrons. The molecule has 0 saturated heterocycles. The maximum absolute atomic E-state index is 15.2. The summed E-state index contributed by atoms with van der Waals surface area (Å²) >= 11 is 0. The molecule has 2 fully saturated rings. The Hall–Kier alpha value is -2.97. The highest BCUT2D eigenvalue weighted by Gasteiger charge is 2.54. The minimum atomic E-state index is -1.02. The number of hydrogen-bond donors (Lipinski definition) is 1. The van der Waals surface area contributed by atoms with Gasteiger partial charge in [0, 0.05) is 29.0 Å². The van der Waals surface area contributed by atoms with Gasteiger partial charge in [-0.1, -0.05) is 6.07 Å². The third-order valence-corrected chi connectivity index (χ3v) is 5.88. The predicted octanol–water partition coefficient (Wildman–Crippen LogP) is 2.71. The third kappa shape index (κ3) is 3.04. The van der Waals surface area contributed by atoms with Crippen LogP contribution in [0.15, 0.2) is 24.5 Å². The standard InChI is InChI=1S/C20H17F3N4O2/c21-10-6-24-19(25-7-10)26-15(28)8-27-9-20(3-4-20)16-12(18(27)29)2-1-11(17(16)23)13-5-14(13)22/h1-2,6-7,13-14H,3-5,8-9H2,(H,24,25,26,28)/t13?,14-/m0/s1. The van der Waals surface area contributed by atoms with E-state index in [-0.39, 0.29) is 24.6 Å². The van der Waals surface area contributed by atoms with Crippen LogP contribution in [0.4, 0.5) is 19.1 Å². The number of alkyl halides is 1. The fraction of sp³-hybridized carbons (Fsp3) is 0.400. The van der Waals surface area contributed by atoms with Gasteiger partial charge in [0.15, 0.2) is 5.82 Å². The average molecular weight is 402 g/mol. The van der Waals surface area contributed by atoms with Gasteiger partial charge in [0.2, 0.25) is 11.9 Å². The lowest BCUT2D eigenvalue weighted by Gasteiger charge is -2.35. The van der Waals surface area contributed by atoms with Crippen molar-refractivity contribution in [1.29, 1.82) is 0 Å². The van der Waals surface area contributed by atoms with Gasteiger partial charge in [-0.15, -0.1) is 0 Å². The van der Waals surface area contributed by atoms with Gasteiger partial charge in [-0.25, -0.2) is 23.1 Å². The van der Waals surface area contributed by atoms with Crippen LogP contribution >= 0.6 is 0 Å². The van der Waals surface area contributed by atoms with Gasteiger partial charge in [-0.05, 0) is 30.9 Å². The molecule has 2 aliphatic carbocycles. The van der Waals surface area contributed by atoms with Gasteiger partial charge in [0.05, 0.1) is 12.4 Å². The number of hydrogen-bond acceptors (Lipinski definition) is 4. The molecule has 3 aliphatic rings. The van der Waals surface area contributed by atoms with Crippen molar-refractivity contribution in [3.8, 4) is 0 Å². The molecule has 1 aromatic heterocycles. The van der Waals surface area contributed by atoms with E-state index in [0.717, 1.165) is 12.4 Å². The Bertz CT molecular complexity index is 1020. The van der Waals surface area contributed by atoms with Crippen molar-refractivity contribution in [1.82, 2.24) is 14.9 Å². The lowest BCUT2D eigenvalue weighted by atomic mass is 9.84. The largest absolute Gasteiger partial charge is 0.328 e. The topological polar surface area (TPSA) is 75.2 Å². The Morgan fingerprint density at radius 2 is 1.93 bits per heavy atom. The number of halogens is 3. The normalized spacial score (nSPS) is 23.7. The van der Waals surface area contributed by atoms with Crippen LogP contribution in [-0.4, -0.2) is 45.9 Å². The molecule has 29 heavy (non-hydrogen) atoms. The Balaban J connectivity index is 1.38. The number of fused-ring (bicyclic) bond motifs is 2. The monoisotopic (exact) mass is 402 g/mol. The first kappa shape index (κ1) is 18.1. The minimum absolute atomic E-state index is 0.0664. The highest BCUT2D eigenvalue weighted by atomic mass is 19.1. The molecule has 1 unspecified atom stereocenters. The van der Waals surface area contributed by atoms with Crippen LogP contribution in [0.5, 0.6) is 0 Å². The summed E-state index contributed by atoms with van der Waals surface area (Å²) in [6.45, 7) is -0.0278. The van der Waals surface area contributed by atoms with Gasteiger partial charge in [-0.2, -0.15) is 0 Å². The number of benzene rings is 1. The maximum Gasteiger partial charge on any atom is 0.254 e. The van der Waals surface area contributed by atoms with E-state index in [4.69, 9.17) is 0 Å². The first-order valence-electron chi connectivity index (χ1n) is 9.41. The first-order chi connectivity index (χ1) is 13.9. The highest BCUT2D eigenvalue weighted by molar-refractivity contribution is 6.01. The number of nitrogens with zero attached hydrogens (tertiary/aromatic N) is 3. The molecule has 0 bridgehead atoms. The zero-order chi connectivity index (χ0) is 20.3. The summed E-state index contributed by atoms with van der Waals surface area (Å²) < 4.78 is 41.5. The van der Waals surface area contributed by atoms with Gasteiger partial charge in [0.25, 0.3) is 5.91 Å². The number of anilines is 1. The fourth-order valence-corrected chi connectivity index (χ4v) is 4.15. The Morgan fingerprint density at radius 1 is 1.24 bits per heavy atom. The third-order valence-electron chi connectivity index (χ3n) is 5.88. The molecular weight excluding hydrogens is 385 g/mol. The van der Waals surface area contributed by atoms with E-state index in [1.165, 1.54) is 11.0 Å².